The SMILES string of the molecule is Cc1cc(C(C)(C)C)cc(C)c1-c1c2ccccc2cc2ccccc12. The van der Waals surface area contributed by atoms with E-state index in [1.165, 1.54) is 49.4 Å². The molecule has 4 rings (SSSR count). The number of fused-ring (bicyclic) bond motifs is 2. The van der Waals surface area contributed by atoms with Crippen molar-refractivity contribution in [2.75, 3.05) is 0 Å². The lowest BCUT2D eigenvalue weighted by molar-refractivity contribution is 0.589. The highest BCUT2D eigenvalue weighted by atomic mass is 14.2. The third-order valence-corrected chi connectivity index (χ3v) is 5.42. The third kappa shape index (κ3) is 2.70. The van der Waals surface area contributed by atoms with Crippen LogP contribution in [0.1, 0.15) is 37.5 Å². The van der Waals surface area contributed by atoms with Gasteiger partial charge in [-0.05, 0) is 74.7 Å². The van der Waals surface area contributed by atoms with Gasteiger partial charge in [0.1, 0.15) is 0 Å². The van der Waals surface area contributed by atoms with Crippen LogP contribution in [0.5, 0.6) is 0 Å². The second kappa shape index (κ2) is 5.99. The van der Waals surface area contributed by atoms with Crippen LogP contribution in [-0.2, 0) is 5.41 Å². The summed E-state index contributed by atoms with van der Waals surface area (Å²) < 4.78 is 0. The van der Waals surface area contributed by atoms with E-state index in [2.05, 4.69) is 101 Å². The van der Waals surface area contributed by atoms with Crippen molar-refractivity contribution >= 4 is 21.5 Å². The van der Waals surface area contributed by atoms with E-state index in [0.29, 0.717) is 0 Å². The maximum Gasteiger partial charge on any atom is -0.00215 e. The van der Waals surface area contributed by atoms with E-state index in [1.807, 2.05) is 0 Å². The molecular weight excluding hydrogens is 312 g/mol. The van der Waals surface area contributed by atoms with Gasteiger partial charge in [0, 0.05) is 0 Å². The van der Waals surface area contributed by atoms with Crippen molar-refractivity contribution in [3.8, 4) is 11.1 Å². The van der Waals surface area contributed by atoms with Crippen LogP contribution in [0.4, 0.5) is 0 Å². The molecule has 4 aromatic carbocycles. The molecule has 0 aromatic heterocycles. The zero-order chi connectivity index (χ0) is 18.5. The van der Waals surface area contributed by atoms with Crippen LogP contribution in [0.2, 0.25) is 0 Å². The number of hydrogen-bond donors (Lipinski definition) is 0. The van der Waals surface area contributed by atoms with E-state index in [0.717, 1.165) is 0 Å². The minimum Gasteiger partial charge on any atom is -0.0616 e. The molecule has 0 spiro atoms. The van der Waals surface area contributed by atoms with Crippen molar-refractivity contribution in [3.05, 3.63) is 83.4 Å². The predicted molar refractivity (Wildman–Crippen MR) is 115 cm³/mol. The number of hydrogen-bond acceptors (Lipinski definition) is 0. The van der Waals surface area contributed by atoms with Gasteiger partial charge in [0.25, 0.3) is 0 Å². The Morgan fingerprint density at radius 1 is 0.577 bits per heavy atom. The summed E-state index contributed by atoms with van der Waals surface area (Å²) in [5.74, 6) is 0. The summed E-state index contributed by atoms with van der Waals surface area (Å²) in [6.07, 6.45) is 0. The van der Waals surface area contributed by atoms with Gasteiger partial charge in [-0.15, -0.1) is 0 Å². The molecule has 0 radical (unpaired) electrons. The molecule has 0 N–H and O–H groups in total. The highest BCUT2D eigenvalue weighted by molar-refractivity contribution is 6.13. The summed E-state index contributed by atoms with van der Waals surface area (Å²) in [5, 5.41) is 5.28. The minimum absolute atomic E-state index is 0.162. The molecule has 130 valence electrons. The molecule has 0 aliphatic carbocycles. The number of aryl methyl sites for hydroxylation is 2. The van der Waals surface area contributed by atoms with Crippen LogP contribution in [0.3, 0.4) is 0 Å². The summed E-state index contributed by atoms with van der Waals surface area (Å²) in [6, 6.07) is 24.6. The summed E-state index contributed by atoms with van der Waals surface area (Å²) in [5.41, 5.74) is 7.03. The Hall–Kier alpha value is -2.60. The second-order valence-corrected chi connectivity index (χ2v) is 8.43. The average molecular weight is 338 g/mol. The lowest BCUT2D eigenvalue weighted by Gasteiger charge is -2.23. The molecule has 0 fully saturated rings. The smallest absolute Gasteiger partial charge is 0.00215 e. The molecular formula is C26H26. The molecule has 0 bridgehead atoms. The first-order valence-electron chi connectivity index (χ1n) is 9.39. The molecule has 0 amide bonds. The van der Waals surface area contributed by atoms with Crippen LogP contribution in [0.15, 0.2) is 66.7 Å². The first-order valence-corrected chi connectivity index (χ1v) is 9.39. The third-order valence-electron chi connectivity index (χ3n) is 5.42. The van der Waals surface area contributed by atoms with E-state index in [4.69, 9.17) is 0 Å². The average Bonchev–Trinajstić information content (AvgIpc) is 2.59. The monoisotopic (exact) mass is 338 g/mol. The Bertz CT molecular complexity index is 1050. The highest BCUT2D eigenvalue weighted by Gasteiger charge is 2.19. The van der Waals surface area contributed by atoms with Crippen LogP contribution >= 0.6 is 0 Å². The fourth-order valence-corrected chi connectivity index (χ4v) is 4.07. The molecule has 0 saturated carbocycles. The molecule has 0 aliphatic rings. The van der Waals surface area contributed by atoms with Gasteiger partial charge in [-0.1, -0.05) is 81.4 Å². The Morgan fingerprint density at radius 2 is 1.04 bits per heavy atom. The second-order valence-electron chi connectivity index (χ2n) is 8.43. The Kier molecular flexibility index (Phi) is 3.88. The maximum atomic E-state index is 2.37. The van der Waals surface area contributed by atoms with Gasteiger partial charge in [-0.25, -0.2) is 0 Å². The molecule has 26 heavy (non-hydrogen) atoms. The number of rotatable bonds is 1. The van der Waals surface area contributed by atoms with Crippen molar-refractivity contribution in [2.45, 2.75) is 40.0 Å². The first kappa shape index (κ1) is 16.8. The van der Waals surface area contributed by atoms with Gasteiger partial charge in [-0.3, -0.25) is 0 Å². The summed E-state index contributed by atoms with van der Waals surface area (Å²) in [6.45, 7) is 11.4. The molecule has 4 aromatic rings. The molecule has 0 unspecified atom stereocenters. The highest BCUT2D eigenvalue weighted by Crippen LogP contribution is 2.40. The standard InChI is InChI=1S/C26H26/c1-17-14-21(26(3,4)5)15-18(2)24(17)25-22-12-8-6-10-19(22)16-20-11-7-9-13-23(20)25/h6-16H,1-5H3. The van der Waals surface area contributed by atoms with Crippen molar-refractivity contribution in [2.24, 2.45) is 0 Å². The van der Waals surface area contributed by atoms with Crippen LogP contribution in [-0.4, -0.2) is 0 Å². The lowest BCUT2D eigenvalue weighted by Crippen LogP contribution is -2.12. The lowest BCUT2D eigenvalue weighted by atomic mass is 9.81. The largest absolute Gasteiger partial charge is 0.0616 e. The summed E-state index contributed by atoms with van der Waals surface area (Å²) >= 11 is 0. The Labute approximate surface area is 156 Å². The molecule has 0 heterocycles. The number of benzene rings is 4. The van der Waals surface area contributed by atoms with Gasteiger partial charge in [0.2, 0.25) is 0 Å². The van der Waals surface area contributed by atoms with Crippen molar-refractivity contribution in [1.82, 2.24) is 0 Å². The van der Waals surface area contributed by atoms with Crippen LogP contribution in [0, 0.1) is 13.8 Å². The van der Waals surface area contributed by atoms with E-state index in [1.54, 1.807) is 0 Å². The van der Waals surface area contributed by atoms with Gasteiger partial charge < -0.3 is 0 Å². The summed E-state index contributed by atoms with van der Waals surface area (Å²) in [7, 11) is 0. The fourth-order valence-electron chi connectivity index (χ4n) is 4.07. The quantitative estimate of drug-likeness (QED) is 0.314. The Morgan fingerprint density at radius 3 is 1.50 bits per heavy atom. The molecule has 0 saturated heterocycles. The summed E-state index contributed by atoms with van der Waals surface area (Å²) in [4.78, 5) is 0. The van der Waals surface area contributed by atoms with Gasteiger partial charge in [0.05, 0.1) is 0 Å². The minimum atomic E-state index is 0.162. The van der Waals surface area contributed by atoms with Crippen molar-refractivity contribution in [1.29, 1.82) is 0 Å². The Balaban J connectivity index is 2.14. The predicted octanol–water partition coefficient (Wildman–Crippen LogP) is 7.57. The van der Waals surface area contributed by atoms with E-state index in [9.17, 15) is 0 Å². The van der Waals surface area contributed by atoms with E-state index < -0.39 is 0 Å². The zero-order valence-electron chi connectivity index (χ0n) is 16.4. The fraction of sp³-hybridized carbons (Fsp3) is 0.231. The molecule has 0 atom stereocenters. The normalized spacial score (nSPS) is 12.0. The first-order chi connectivity index (χ1) is 12.4. The van der Waals surface area contributed by atoms with E-state index in [-0.39, 0.29) is 5.41 Å². The van der Waals surface area contributed by atoms with Gasteiger partial charge in [-0.2, -0.15) is 0 Å². The van der Waals surface area contributed by atoms with Crippen LogP contribution in [0.25, 0.3) is 32.7 Å². The van der Waals surface area contributed by atoms with Gasteiger partial charge in [0.15, 0.2) is 0 Å². The zero-order valence-corrected chi connectivity index (χ0v) is 16.4. The van der Waals surface area contributed by atoms with Gasteiger partial charge >= 0.3 is 0 Å². The van der Waals surface area contributed by atoms with Crippen LogP contribution < -0.4 is 0 Å². The molecule has 0 heteroatoms. The van der Waals surface area contributed by atoms with Crippen molar-refractivity contribution < 1.29 is 0 Å². The van der Waals surface area contributed by atoms with E-state index >= 15 is 0 Å². The molecule has 0 nitrogen and oxygen atoms in total. The molecule has 0 aliphatic heterocycles. The topological polar surface area (TPSA) is 0 Å². The van der Waals surface area contributed by atoms with Crippen molar-refractivity contribution in [3.63, 3.8) is 0 Å². The maximum absolute atomic E-state index is 2.37.